The van der Waals surface area contributed by atoms with E-state index in [0.717, 1.165) is 13.1 Å². The van der Waals surface area contributed by atoms with Crippen molar-refractivity contribution in [1.82, 2.24) is 15.1 Å². The van der Waals surface area contributed by atoms with Gasteiger partial charge in [0.2, 0.25) is 5.91 Å². The molecule has 0 aliphatic carbocycles. The highest BCUT2D eigenvalue weighted by Crippen LogP contribution is 2.19. The second-order valence-electron chi connectivity index (χ2n) is 7.30. The first-order valence-electron chi connectivity index (χ1n) is 7.70. The van der Waals surface area contributed by atoms with Crippen LogP contribution in [0.15, 0.2) is 0 Å². The van der Waals surface area contributed by atoms with E-state index in [-0.39, 0.29) is 24.1 Å². The molecule has 0 aromatic rings. The highest BCUT2D eigenvalue weighted by Gasteiger charge is 2.40. The third-order valence-electron chi connectivity index (χ3n) is 4.01. The normalized spacial score (nSPS) is 27.3. The minimum absolute atomic E-state index is 0.0215. The Bertz CT molecular complexity index is 417. The number of hydrogen-bond donors (Lipinski definition) is 1. The van der Waals surface area contributed by atoms with Crippen LogP contribution in [0.3, 0.4) is 0 Å². The Balaban J connectivity index is 1.98. The lowest BCUT2D eigenvalue weighted by Gasteiger charge is -2.46. The van der Waals surface area contributed by atoms with Crippen molar-refractivity contribution in [3.63, 3.8) is 0 Å². The van der Waals surface area contributed by atoms with E-state index in [9.17, 15) is 9.59 Å². The van der Waals surface area contributed by atoms with Crippen molar-refractivity contribution in [2.75, 3.05) is 26.2 Å². The Morgan fingerprint density at radius 3 is 2.52 bits per heavy atom. The third-order valence-corrected chi connectivity index (χ3v) is 4.01. The fourth-order valence-electron chi connectivity index (χ4n) is 2.73. The fourth-order valence-corrected chi connectivity index (χ4v) is 2.73. The Morgan fingerprint density at radius 1 is 1.29 bits per heavy atom. The third kappa shape index (κ3) is 3.87. The number of hydrogen-bond acceptors (Lipinski definition) is 4. The van der Waals surface area contributed by atoms with Gasteiger partial charge in [0.15, 0.2) is 0 Å². The molecule has 21 heavy (non-hydrogen) atoms. The summed E-state index contributed by atoms with van der Waals surface area (Å²) in [5, 5.41) is 3.06. The Kier molecular flexibility index (Phi) is 4.46. The van der Waals surface area contributed by atoms with Crippen molar-refractivity contribution in [2.45, 2.75) is 52.3 Å². The summed E-state index contributed by atoms with van der Waals surface area (Å²) >= 11 is 0. The summed E-state index contributed by atoms with van der Waals surface area (Å²) < 4.78 is 5.39. The van der Waals surface area contributed by atoms with Crippen molar-refractivity contribution in [3.8, 4) is 0 Å². The van der Waals surface area contributed by atoms with Crippen molar-refractivity contribution in [2.24, 2.45) is 5.92 Å². The molecule has 2 fully saturated rings. The van der Waals surface area contributed by atoms with Gasteiger partial charge in [0, 0.05) is 32.2 Å². The first kappa shape index (κ1) is 16.1. The van der Waals surface area contributed by atoms with E-state index in [0.29, 0.717) is 19.0 Å². The van der Waals surface area contributed by atoms with Crippen LogP contribution < -0.4 is 5.32 Å². The van der Waals surface area contributed by atoms with Gasteiger partial charge >= 0.3 is 6.09 Å². The number of rotatable bonds is 1. The van der Waals surface area contributed by atoms with Crippen LogP contribution in [0.5, 0.6) is 0 Å². The summed E-state index contributed by atoms with van der Waals surface area (Å²) in [6, 6.07) is -0.0527. The molecule has 2 atom stereocenters. The van der Waals surface area contributed by atoms with Crippen LogP contribution in [0.1, 0.15) is 34.6 Å². The van der Waals surface area contributed by atoms with Crippen LogP contribution in [-0.4, -0.2) is 65.7 Å². The average Bonchev–Trinajstić information content (AvgIpc) is 2.36. The molecule has 0 radical (unpaired) electrons. The second-order valence-corrected chi connectivity index (χ2v) is 7.30. The standard InChI is InChI=1S/C15H27N3O3/c1-10(2)11-8-17-6-7-18(9-12(17)13(19)16-11)14(20)21-15(3,4)5/h10-12H,6-9H2,1-5H3,(H,16,19)/t11?,12-/m0/s1. The molecule has 0 spiro atoms. The van der Waals surface area contributed by atoms with Gasteiger partial charge in [-0.05, 0) is 26.7 Å². The number of carbonyl (C=O) groups is 2. The van der Waals surface area contributed by atoms with Gasteiger partial charge in [-0.15, -0.1) is 0 Å². The quantitative estimate of drug-likeness (QED) is 0.786. The molecule has 2 aliphatic heterocycles. The maximum absolute atomic E-state index is 12.3. The number of ether oxygens (including phenoxy) is 1. The molecule has 0 bridgehead atoms. The number of amides is 2. The molecule has 1 unspecified atom stereocenters. The van der Waals surface area contributed by atoms with Crippen LogP contribution in [0, 0.1) is 5.92 Å². The molecule has 2 saturated heterocycles. The first-order chi connectivity index (χ1) is 9.67. The summed E-state index contributed by atoms with van der Waals surface area (Å²) in [5.41, 5.74) is -0.508. The van der Waals surface area contributed by atoms with Crippen LogP contribution in [0.25, 0.3) is 0 Å². The lowest BCUT2D eigenvalue weighted by atomic mass is 9.97. The van der Waals surface area contributed by atoms with Gasteiger partial charge in [0.1, 0.15) is 11.6 Å². The van der Waals surface area contributed by atoms with Gasteiger partial charge in [-0.2, -0.15) is 0 Å². The number of piperazine rings is 2. The van der Waals surface area contributed by atoms with E-state index < -0.39 is 5.60 Å². The zero-order chi connectivity index (χ0) is 15.8. The van der Waals surface area contributed by atoms with Crippen molar-refractivity contribution in [3.05, 3.63) is 0 Å². The smallest absolute Gasteiger partial charge is 0.410 e. The predicted octanol–water partition coefficient (Wildman–Crippen LogP) is 1.06. The van der Waals surface area contributed by atoms with Gasteiger partial charge in [-0.25, -0.2) is 4.79 Å². The fraction of sp³-hybridized carbons (Fsp3) is 0.867. The molecule has 2 rings (SSSR count). The molecular formula is C15H27N3O3. The molecule has 2 amide bonds. The molecule has 6 heteroatoms. The Labute approximate surface area is 126 Å². The van der Waals surface area contributed by atoms with E-state index >= 15 is 0 Å². The summed E-state index contributed by atoms with van der Waals surface area (Å²) in [5.74, 6) is 0.437. The van der Waals surface area contributed by atoms with E-state index in [2.05, 4.69) is 24.1 Å². The van der Waals surface area contributed by atoms with Crippen molar-refractivity contribution < 1.29 is 14.3 Å². The van der Waals surface area contributed by atoms with Gasteiger partial charge in [-0.3, -0.25) is 9.69 Å². The highest BCUT2D eigenvalue weighted by molar-refractivity contribution is 5.84. The van der Waals surface area contributed by atoms with E-state index in [1.807, 2.05) is 20.8 Å². The van der Waals surface area contributed by atoms with Crippen LogP contribution >= 0.6 is 0 Å². The van der Waals surface area contributed by atoms with Crippen LogP contribution in [-0.2, 0) is 9.53 Å². The minimum atomic E-state index is -0.508. The summed E-state index contributed by atoms with van der Waals surface area (Å²) in [6.45, 7) is 12.4. The predicted molar refractivity (Wildman–Crippen MR) is 79.9 cm³/mol. The minimum Gasteiger partial charge on any atom is -0.444 e. The average molecular weight is 297 g/mol. The highest BCUT2D eigenvalue weighted by atomic mass is 16.6. The molecule has 0 aromatic carbocycles. The topological polar surface area (TPSA) is 61.9 Å². The summed E-state index contributed by atoms with van der Waals surface area (Å²) in [7, 11) is 0. The molecular weight excluding hydrogens is 270 g/mol. The van der Waals surface area contributed by atoms with Crippen LogP contribution in [0.2, 0.25) is 0 Å². The van der Waals surface area contributed by atoms with Gasteiger partial charge in [0.25, 0.3) is 0 Å². The number of carbonyl (C=O) groups excluding carboxylic acids is 2. The van der Waals surface area contributed by atoms with Crippen molar-refractivity contribution in [1.29, 1.82) is 0 Å². The Morgan fingerprint density at radius 2 is 1.95 bits per heavy atom. The maximum atomic E-state index is 12.3. The SMILES string of the molecule is CC(C)C1CN2CCN(C(=O)OC(C)(C)C)C[C@H]2C(=O)N1. The number of fused-ring (bicyclic) bond motifs is 1. The Hall–Kier alpha value is -1.30. The monoisotopic (exact) mass is 297 g/mol. The van der Waals surface area contributed by atoms with Crippen molar-refractivity contribution >= 4 is 12.0 Å². The molecule has 6 nitrogen and oxygen atoms in total. The molecule has 1 N–H and O–H groups in total. The zero-order valence-electron chi connectivity index (χ0n) is 13.7. The molecule has 2 aliphatic rings. The lowest BCUT2D eigenvalue weighted by molar-refractivity contribution is -0.134. The largest absolute Gasteiger partial charge is 0.444 e. The number of nitrogens with one attached hydrogen (secondary N) is 1. The first-order valence-corrected chi connectivity index (χ1v) is 7.70. The molecule has 0 aromatic heterocycles. The molecule has 120 valence electrons. The van der Waals surface area contributed by atoms with E-state index in [1.54, 1.807) is 4.90 Å². The maximum Gasteiger partial charge on any atom is 0.410 e. The zero-order valence-corrected chi connectivity index (χ0v) is 13.7. The number of nitrogens with zero attached hydrogens (tertiary/aromatic N) is 2. The van der Waals surface area contributed by atoms with Gasteiger partial charge < -0.3 is 15.0 Å². The van der Waals surface area contributed by atoms with Gasteiger partial charge in [0.05, 0.1) is 0 Å². The lowest BCUT2D eigenvalue weighted by Crippen LogP contribution is -2.68. The molecule has 0 saturated carbocycles. The van der Waals surface area contributed by atoms with E-state index in [1.165, 1.54) is 0 Å². The summed E-state index contributed by atoms with van der Waals surface area (Å²) in [4.78, 5) is 28.2. The molecule has 2 heterocycles. The second kappa shape index (κ2) is 5.83. The summed E-state index contributed by atoms with van der Waals surface area (Å²) in [6.07, 6.45) is -0.332. The van der Waals surface area contributed by atoms with Gasteiger partial charge in [-0.1, -0.05) is 13.8 Å². The van der Waals surface area contributed by atoms with E-state index in [4.69, 9.17) is 4.74 Å². The van der Waals surface area contributed by atoms with Crippen LogP contribution in [0.4, 0.5) is 4.79 Å².